The van der Waals surface area contributed by atoms with Gasteiger partial charge in [-0.1, -0.05) is 0 Å². The Balaban J connectivity index is 2.32. The second-order valence-corrected chi connectivity index (χ2v) is 0.247. The maximum absolute atomic E-state index is 9.67. The van der Waals surface area contributed by atoms with E-state index >= 15 is 0 Å². The normalized spacial score (nSPS) is 6.75. The van der Waals surface area contributed by atoms with Crippen LogP contribution in [0, 0.1) is 0 Å². The second kappa shape index (κ2) is 1.21. The molecule has 0 aromatic rings. The summed E-state index contributed by atoms with van der Waals surface area (Å²) in [5.74, 6) is 0. The lowest BCUT2D eigenvalue weighted by Crippen LogP contribution is -1.76. The SMILES string of the molecule is F[11B](F)F. The van der Waals surface area contributed by atoms with Gasteiger partial charge in [-0.25, -0.2) is 0 Å². The number of rotatable bonds is 0. The first-order chi connectivity index (χ1) is 1.73. The first kappa shape index (κ1) is 3.85. The van der Waals surface area contributed by atoms with Gasteiger partial charge in [0.15, 0.2) is 0 Å². The second-order valence-electron chi connectivity index (χ2n) is 0.247. The number of halogens is 3. The molecule has 24 valence electrons. The minimum atomic E-state index is -3.67. The fourth-order valence-electron chi connectivity index (χ4n) is 0. The Bertz CT molecular complexity index is 8.00. The maximum Gasteiger partial charge on any atom is 0.762 e. The Morgan fingerprint density at radius 3 is 1.00 bits per heavy atom. The molecule has 0 rings (SSSR count). The molecule has 0 radical (unpaired) electrons. The van der Waals surface area contributed by atoms with E-state index in [9.17, 15) is 12.9 Å². The average Bonchev–Trinajstić information content (AvgIpc) is 0.811. The summed E-state index contributed by atoms with van der Waals surface area (Å²) in [4.78, 5) is 0. The van der Waals surface area contributed by atoms with Gasteiger partial charge in [0.05, 0.1) is 0 Å². The minimum absolute atomic E-state index is 3.67. The Hall–Kier alpha value is -0.145. The highest BCUT2D eigenvalue weighted by atomic mass is 19.4. The third kappa shape index (κ3) is 64.4. The van der Waals surface area contributed by atoms with E-state index < -0.39 is 7.54 Å². The minimum Gasteiger partial charge on any atom is -0.254 e. The Labute approximate surface area is 21.8 Å². The summed E-state index contributed by atoms with van der Waals surface area (Å²) in [6.45, 7) is 0. The van der Waals surface area contributed by atoms with Crippen LogP contribution in [0.5, 0.6) is 0 Å². The molecule has 0 bridgehead atoms. The third-order valence-corrected chi connectivity index (χ3v) is 0. The van der Waals surface area contributed by atoms with E-state index in [1.54, 1.807) is 0 Å². The molecular formula is BF3. The zero-order valence-electron chi connectivity index (χ0n) is 1.71. The predicted molar refractivity (Wildman–Crippen MR) is 9.08 cm³/mol. The lowest BCUT2D eigenvalue weighted by Gasteiger charge is -1.55. The van der Waals surface area contributed by atoms with Crippen LogP contribution in [0.15, 0.2) is 0 Å². The molecule has 0 nitrogen and oxygen atoms in total. The van der Waals surface area contributed by atoms with Gasteiger partial charge >= 0.3 is 7.54 Å². The summed E-state index contributed by atoms with van der Waals surface area (Å²) >= 11 is 0. The van der Waals surface area contributed by atoms with Gasteiger partial charge in [-0.15, -0.1) is 0 Å². The van der Waals surface area contributed by atoms with E-state index in [0.29, 0.717) is 0 Å². The summed E-state index contributed by atoms with van der Waals surface area (Å²) < 4.78 is 29.0. The zero-order valence-corrected chi connectivity index (χ0v) is 1.71. The quantitative estimate of drug-likeness (QED) is 0.369. The molecule has 0 amide bonds. The molecule has 0 aromatic carbocycles. The van der Waals surface area contributed by atoms with Gasteiger partial charge in [0.1, 0.15) is 0 Å². The van der Waals surface area contributed by atoms with Crippen molar-refractivity contribution in [3.05, 3.63) is 0 Å². The van der Waals surface area contributed by atoms with Crippen molar-refractivity contribution in [2.24, 2.45) is 0 Å². The molecule has 0 spiro atoms. The van der Waals surface area contributed by atoms with Crippen molar-refractivity contribution in [3.8, 4) is 0 Å². The van der Waals surface area contributed by atoms with Crippen LogP contribution in [0.4, 0.5) is 12.9 Å². The molecule has 0 atom stereocenters. The summed E-state index contributed by atoms with van der Waals surface area (Å²) in [5.41, 5.74) is 0. The highest BCUT2D eigenvalue weighted by Gasteiger charge is 2.06. The molecule has 0 fully saturated rings. The molecular weight excluding hydrogens is 68.0 g/mol. The molecule has 4 heteroatoms. The van der Waals surface area contributed by atoms with E-state index in [2.05, 4.69) is 0 Å². The maximum atomic E-state index is 9.67. The van der Waals surface area contributed by atoms with E-state index in [1.165, 1.54) is 0 Å². The van der Waals surface area contributed by atoms with Crippen molar-refractivity contribution in [1.82, 2.24) is 0 Å². The monoisotopic (exact) mass is 68.0 g/mol. The fourth-order valence-corrected chi connectivity index (χ4v) is 0. The zero-order chi connectivity index (χ0) is 3.58. The number of hydrogen-bond donors (Lipinski definition) is 0. The summed E-state index contributed by atoms with van der Waals surface area (Å²) in [6.07, 6.45) is 0. The van der Waals surface area contributed by atoms with E-state index in [4.69, 9.17) is 0 Å². The first-order valence-corrected chi connectivity index (χ1v) is 0.655. The first-order valence-electron chi connectivity index (χ1n) is 0.655. The van der Waals surface area contributed by atoms with Crippen LogP contribution >= 0.6 is 0 Å². The van der Waals surface area contributed by atoms with Crippen molar-refractivity contribution in [2.75, 3.05) is 0 Å². The van der Waals surface area contributed by atoms with Gasteiger partial charge in [-0.3, -0.25) is 12.9 Å². The van der Waals surface area contributed by atoms with Crippen molar-refractivity contribution in [3.63, 3.8) is 0 Å². The van der Waals surface area contributed by atoms with Crippen molar-refractivity contribution in [2.45, 2.75) is 0 Å². The topological polar surface area (TPSA) is 0 Å². The van der Waals surface area contributed by atoms with Crippen LogP contribution in [0.25, 0.3) is 0 Å². The molecule has 4 heavy (non-hydrogen) atoms. The molecule has 0 aliphatic carbocycles. The average molecular weight is 68.0 g/mol. The third-order valence-electron chi connectivity index (χ3n) is 0. The lowest BCUT2D eigenvalue weighted by molar-refractivity contribution is 0.535. The van der Waals surface area contributed by atoms with Crippen LogP contribution in [0.2, 0.25) is 0 Å². The van der Waals surface area contributed by atoms with Crippen LogP contribution < -0.4 is 0 Å². The van der Waals surface area contributed by atoms with Crippen LogP contribution in [-0.4, -0.2) is 7.54 Å². The van der Waals surface area contributed by atoms with Gasteiger partial charge in [-0.2, -0.15) is 0 Å². The molecule has 0 aromatic heterocycles. The van der Waals surface area contributed by atoms with Gasteiger partial charge in [0, 0.05) is 0 Å². The highest BCUT2D eigenvalue weighted by molar-refractivity contribution is 6.33. The molecule has 0 heterocycles. The molecule has 0 aliphatic rings. The highest BCUT2D eigenvalue weighted by Crippen LogP contribution is 1.80. The largest absolute Gasteiger partial charge is 0.762 e. The summed E-state index contributed by atoms with van der Waals surface area (Å²) in [5, 5.41) is 0. The van der Waals surface area contributed by atoms with Crippen LogP contribution in [0.1, 0.15) is 0 Å². The Kier molecular flexibility index (Phi) is 1.16. The van der Waals surface area contributed by atoms with E-state index in [0.717, 1.165) is 0 Å². The number of hydrogen-bond acceptors (Lipinski definition) is 0. The van der Waals surface area contributed by atoms with Gasteiger partial charge in [-0.05, 0) is 0 Å². The van der Waals surface area contributed by atoms with Crippen LogP contribution in [-0.2, 0) is 0 Å². The van der Waals surface area contributed by atoms with Gasteiger partial charge in [0.25, 0.3) is 0 Å². The predicted octanol–water partition coefficient (Wildman–Crippen LogP) is 0.880. The van der Waals surface area contributed by atoms with Crippen molar-refractivity contribution in [1.29, 1.82) is 0 Å². The fraction of sp³-hybridized carbons (Fsp3) is 0. The Morgan fingerprint density at radius 1 is 1.00 bits per heavy atom. The standard InChI is InChI=1S/BF3/c2-1(3)4/i1+0. The summed E-state index contributed by atoms with van der Waals surface area (Å²) in [7, 11) is -3.67. The van der Waals surface area contributed by atoms with E-state index in [-0.39, 0.29) is 0 Å². The molecule has 0 aliphatic heterocycles. The lowest BCUT2D eigenvalue weighted by atomic mass is 10.7. The van der Waals surface area contributed by atoms with Gasteiger partial charge in [0.2, 0.25) is 0 Å². The molecule has 0 N–H and O–H groups in total. The Morgan fingerprint density at radius 2 is 1.00 bits per heavy atom. The molecule has 0 saturated carbocycles. The van der Waals surface area contributed by atoms with E-state index in [1.807, 2.05) is 0 Å². The summed E-state index contributed by atoms with van der Waals surface area (Å²) in [6, 6.07) is 0. The van der Waals surface area contributed by atoms with Crippen molar-refractivity contribution >= 4 is 7.54 Å². The molecule has 0 unspecified atom stereocenters. The van der Waals surface area contributed by atoms with Crippen LogP contribution in [0.3, 0.4) is 0 Å². The smallest absolute Gasteiger partial charge is 0.254 e. The van der Waals surface area contributed by atoms with Gasteiger partial charge < -0.3 is 0 Å². The molecule has 0 saturated heterocycles. The van der Waals surface area contributed by atoms with Crippen molar-refractivity contribution < 1.29 is 12.9 Å².